The van der Waals surface area contributed by atoms with Gasteiger partial charge in [-0.2, -0.15) is 0 Å². The average molecular weight is 413 g/mol. The Morgan fingerprint density at radius 2 is 2.07 bits per heavy atom. The lowest BCUT2D eigenvalue weighted by molar-refractivity contribution is -0.153. The molecule has 2 aromatic heterocycles. The zero-order chi connectivity index (χ0) is 20.4. The van der Waals surface area contributed by atoms with Crippen molar-refractivity contribution in [1.82, 2.24) is 9.55 Å². The Labute approximate surface area is 172 Å². The van der Waals surface area contributed by atoms with Crippen molar-refractivity contribution in [1.29, 1.82) is 0 Å². The van der Waals surface area contributed by atoms with Crippen LogP contribution in [-0.2, 0) is 19.1 Å². The van der Waals surface area contributed by atoms with E-state index in [1.54, 1.807) is 18.9 Å². The Kier molecular flexibility index (Phi) is 5.64. The van der Waals surface area contributed by atoms with Gasteiger partial charge in [0.05, 0.1) is 23.7 Å². The number of imidazole rings is 1. The molecule has 7 nitrogen and oxygen atoms in total. The molecule has 0 saturated heterocycles. The molecule has 0 unspecified atom stereocenters. The Morgan fingerprint density at radius 3 is 2.79 bits per heavy atom. The SMILES string of the molecule is CCOC(=O)[C@@H]1C(=O)N(CCCOC)c2nc3ccccc3n2[C@@H]1c1cccs1. The number of para-hydroxylation sites is 2. The number of thiophene rings is 1. The molecule has 0 saturated carbocycles. The van der Waals surface area contributed by atoms with Crippen LogP contribution in [0, 0.1) is 5.92 Å². The van der Waals surface area contributed by atoms with Gasteiger partial charge < -0.3 is 9.47 Å². The van der Waals surface area contributed by atoms with Gasteiger partial charge in [-0.25, -0.2) is 4.98 Å². The van der Waals surface area contributed by atoms with Crippen molar-refractivity contribution in [3.05, 3.63) is 46.7 Å². The maximum atomic E-state index is 13.5. The number of fused-ring (bicyclic) bond motifs is 3. The molecule has 1 aromatic carbocycles. The first-order valence-electron chi connectivity index (χ1n) is 9.64. The number of aromatic nitrogens is 2. The minimum absolute atomic E-state index is 0.223. The summed E-state index contributed by atoms with van der Waals surface area (Å²) >= 11 is 1.52. The third-order valence-corrected chi connectivity index (χ3v) is 5.99. The summed E-state index contributed by atoms with van der Waals surface area (Å²) in [6.07, 6.45) is 0.644. The van der Waals surface area contributed by atoms with E-state index in [-0.39, 0.29) is 12.5 Å². The van der Waals surface area contributed by atoms with Gasteiger partial charge >= 0.3 is 5.97 Å². The molecular weight excluding hydrogens is 390 g/mol. The molecule has 1 amide bonds. The highest BCUT2D eigenvalue weighted by atomic mass is 32.1. The molecule has 1 aliphatic rings. The van der Waals surface area contributed by atoms with Crippen LogP contribution in [-0.4, -0.2) is 48.3 Å². The van der Waals surface area contributed by atoms with Crippen molar-refractivity contribution >= 4 is 40.2 Å². The smallest absolute Gasteiger partial charge is 0.321 e. The van der Waals surface area contributed by atoms with Crippen molar-refractivity contribution in [2.24, 2.45) is 5.92 Å². The summed E-state index contributed by atoms with van der Waals surface area (Å²) in [6.45, 7) is 2.91. The van der Waals surface area contributed by atoms with Gasteiger partial charge in [-0.05, 0) is 36.9 Å². The Balaban J connectivity index is 1.91. The minimum atomic E-state index is -0.957. The summed E-state index contributed by atoms with van der Waals surface area (Å²) in [4.78, 5) is 33.7. The molecule has 0 aliphatic carbocycles. The first kappa shape index (κ1) is 19.6. The summed E-state index contributed by atoms with van der Waals surface area (Å²) in [5.74, 6) is -1.18. The number of hydrogen-bond acceptors (Lipinski definition) is 6. The monoisotopic (exact) mass is 413 g/mol. The number of carbonyl (C=O) groups excluding carboxylic acids is 2. The number of hydrogen-bond donors (Lipinski definition) is 0. The number of esters is 1. The van der Waals surface area contributed by atoms with Crippen LogP contribution < -0.4 is 4.90 Å². The van der Waals surface area contributed by atoms with Crippen LogP contribution in [0.4, 0.5) is 5.95 Å². The van der Waals surface area contributed by atoms with Crippen molar-refractivity contribution in [3.63, 3.8) is 0 Å². The minimum Gasteiger partial charge on any atom is -0.465 e. The Hall–Kier alpha value is -2.71. The van der Waals surface area contributed by atoms with Crippen molar-refractivity contribution < 1.29 is 19.1 Å². The van der Waals surface area contributed by atoms with Crippen LogP contribution in [0.1, 0.15) is 24.3 Å². The van der Waals surface area contributed by atoms with Crippen LogP contribution in [0.3, 0.4) is 0 Å². The molecule has 0 fully saturated rings. The lowest BCUT2D eigenvalue weighted by atomic mass is 9.94. The van der Waals surface area contributed by atoms with Crippen LogP contribution in [0.5, 0.6) is 0 Å². The predicted molar refractivity (Wildman–Crippen MR) is 111 cm³/mol. The maximum absolute atomic E-state index is 13.5. The molecule has 0 N–H and O–H groups in total. The summed E-state index contributed by atoms with van der Waals surface area (Å²) in [5.41, 5.74) is 1.68. The second-order valence-corrected chi connectivity index (χ2v) is 7.78. The molecule has 0 bridgehead atoms. The first-order chi connectivity index (χ1) is 14.2. The fraction of sp³-hybridized carbons (Fsp3) is 0.381. The largest absolute Gasteiger partial charge is 0.465 e. The molecule has 4 rings (SSSR count). The normalized spacial score (nSPS) is 18.8. The molecular formula is C21H23N3O4S. The molecule has 2 atom stereocenters. The maximum Gasteiger partial charge on any atom is 0.321 e. The second-order valence-electron chi connectivity index (χ2n) is 6.80. The number of ether oxygens (including phenoxy) is 2. The van der Waals surface area contributed by atoms with Crippen LogP contribution in [0.15, 0.2) is 41.8 Å². The second kappa shape index (κ2) is 8.34. The van der Waals surface area contributed by atoms with Gasteiger partial charge in [0, 0.05) is 25.1 Å². The summed E-state index contributed by atoms with van der Waals surface area (Å²) in [7, 11) is 1.63. The summed E-state index contributed by atoms with van der Waals surface area (Å²) < 4.78 is 12.5. The van der Waals surface area contributed by atoms with Crippen molar-refractivity contribution in [2.45, 2.75) is 19.4 Å². The van der Waals surface area contributed by atoms with Gasteiger partial charge in [0.25, 0.3) is 0 Å². The number of anilines is 1. The van der Waals surface area contributed by atoms with E-state index in [2.05, 4.69) is 0 Å². The zero-order valence-corrected chi connectivity index (χ0v) is 17.2. The van der Waals surface area contributed by atoms with Gasteiger partial charge in [-0.15, -0.1) is 11.3 Å². The van der Waals surface area contributed by atoms with Gasteiger partial charge in [-0.3, -0.25) is 19.1 Å². The van der Waals surface area contributed by atoms with E-state index in [1.165, 1.54) is 11.3 Å². The number of nitrogens with zero attached hydrogens (tertiary/aromatic N) is 3. The summed E-state index contributed by atoms with van der Waals surface area (Å²) in [5, 5.41) is 1.95. The highest BCUT2D eigenvalue weighted by Gasteiger charge is 2.48. The van der Waals surface area contributed by atoms with E-state index in [0.717, 1.165) is 15.9 Å². The van der Waals surface area contributed by atoms with E-state index in [9.17, 15) is 9.59 Å². The number of methoxy groups -OCH3 is 1. The quantitative estimate of drug-likeness (QED) is 0.338. The van der Waals surface area contributed by atoms with Crippen molar-refractivity contribution in [2.75, 3.05) is 31.8 Å². The van der Waals surface area contributed by atoms with Crippen LogP contribution in [0.25, 0.3) is 11.0 Å². The van der Waals surface area contributed by atoms with E-state index in [4.69, 9.17) is 14.5 Å². The van der Waals surface area contributed by atoms with Gasteiger partial charge in [0.15, 0.2) is 5.92 Å². The highest BCUT2D eigenvalue weighted by Crippen LogP contribution is 2.42. The standard InChI is InChI=1S/C21H23N3O4S/c1-3-28-20(26)17-18(16-10-6-13-29-16)24-15-9-5-4-8-14(15)22-21(24)23(19(17)25)11-7-12-27-2/h4-6,8-10,13,17-18H,3,7,11-12H2,1-2H3/t17-,18+/m0/s1. The van der Waals surface area contributed by atoms with E-state index in [1.807, 2.05) is 46.3 Å². The van der Waals surface area contributed by atoms with Crippen LogP contribution in [0.2, 0.25) is 0 Å². The Bertz CT molecular complexity index is 1010. The zero-order valence-electron chi connectivity index (χ0n) is 16.4. The molecule has 29 heavy (non-hydrogen) atoms. The molecule has 8 heteroatoms. The molecule has 0 radical (unpaired) electrons. The molecule has 3 heterocycles. The lowest BCUT2D eigenvalue weighted by Gasteiger charge is -2.37. The van der Waals surface area contributed by atoms with Gasteiger partial charge in [0.1, 0.15) is 0 Å². The van der Waals surface area contributed by atoms with E-state index >= 15 is 0 Å². The van der Waals surface area contributed by atoms with Crippen LogP contribution >= 0.6 is 11.3 Å². The molecule has 152 valence electrons. The lowest BCUT2D eigenvalue weighted by Crippen LogP contribution is -2.50. The number of amides is 1. The van der Waals surface area contributed by atoms with Gasteiger partial charge in [-0.1, -0.05) is 18.2 Å². The highest BCUT2D eigenvalue weighted by molar-refractivity contribution is 7.10. The van der Waals surface area contributed by atoms with Crippen molar-refractivity contribution in [3.8, 4) is 0 Å². The third-order valence-electron chi connectivity index (χ3n) is 5.05. The fourth-order valence-electron chi connectivity index (χ4n) is 3.84. The number of benzene rings is 1. The Morgan fingerprint density at radius 1 is 1.24 bits per heavy atom. The van der Waals surface area contributed by atoms with E-state index < -0.39 is 17.9 Å². The topological polar surface area (TPSA) is 73.7 Å². The first-order valence-corrected chi connectivity index (χ1v) is 10.5. The average Bonchev–Trinajstić information content (AvgIpc) is 3.37. The number of carbonyl (C=O) groups is 2. The molecule has 3 aromatic rings. The fourth-order valence-corrected chi connectivity index (χ4v) is 4.69. The predicted octanol–water partition coefficient (Wildman–Crippen LogP) is 3.25. The summed E-state index contributed by atoms with van der Waals surface area (Å²) in [6, 6.07) is 11.1. The molecule has 0 spiro atoms. The third kappa shape index (κ3) is 3.42. The van der Waals surface area contributed by atoms with E-state index in [0.29, 0.717) is 25.5 Å². The van der Waals surface area contributed by atoms with Gasteiger partial charge in [0.2, 0.25) is 11.9 Å². The molecule has 1 aliphatic heterocycles. The number of rotatable bonds is 7.